The summed E-state index contributed by atoms with van der Waals surface area (Å²) < 4.78 is 0. The number of piperazine rings is 1. The summed E-state index contributed by atoms with van der Waals surface area (Å²) in [5, 5.41) is 7.38. The van der Waals surface area contributed by atoms with E-state index in [1.54, 1.807) is 0 Å². The Balaban J connectivity index is 1.46. The lowest BCUT2D eigenvalue weighted by Gasteiger charge is -2.60. The van der Waals surface area contributed by atoms with Crippen LogP contribution in [0.4, 0.5) is 5.69 Å². The molecule has 3 atom stereocenters. The second-order valence-corrected chi connectivity index (χ2v) is 8.37. The van der Waals surface area contributed by atoms with Gasteiger partial charge >= 0.3 is 0 Å². The average molecular weight is 313 g/mol. The van der Waals surface area contributed by atoms with Gasteiger partial charge in [0.15, 0.2) is 0 Å². The van der Waals surface area contributed by atoms with Gasteiger partial charge in [-0.15, -0.1) is 0 Å². The summed E-state index contributed by atoms with van der Waals surface area (Å²) in [5.41, 5.74) is 3.38. The molecule has 1 unspecified atom stereocenters. The van der Waals surface area contributed by atoms with Crippen LogP contribution < -0.4 is 10.6 Å². The maximum absolute atomic E-state index is 3.94. The Labute approximate surface area is 140 Å². The summed E-state index contributed by atoms with van der Waals surface area (Å²) in [6.07, 6.45) is 4.19. The Morgan fingerprint density at radius 2 is 1.96 bits per heavy atom. The van der Waals surface area contributed by atoms with E-state index >= 15 is 0 Å². The molecule has 1 aliphatic heterocycles. The van der Waals surface area contributed by atoms with Crippen LogP contribution in [0.15, 0.2) is 24.3 Å². The van der Waals surface area contributed by atoms with Crippen molar-refractivity contribution in [3.63, 3.8) is 0 Å². The number of fused-ring (bicyclic) bond motifs is 2. The van der Waals surface area contributed by atoms with Crippen molar-refractivity contribution in [1.82, 2.24) is 10.2 Å². The van der Waals surface area contributed by atoms with Crippen molar-refractivity contribution in [2.45, 2.75) is 45.7 Å². The number of nitrogens with zero attached hydrogens (tertiary/aromatic N) is 1. The van der Waals surface area contributed by atoms with Gasteiger partial charge in [0.25, 0.3) is 0 Å². The molecule has 3 nitrogen and oxygen atoms in total. The normalized spacial score (nSPS) is 33.0. The molecule has 1 heterocycles. The minimum absolute atomic E-state index is 0.545. The van der Waals surface area contributed by atoms with E-state index in [-0.39, 0.29) is 0 Å². The van der Waals surface area contributed by atoms with Crippen molar-refractivity contribution in [1.29, 1.82) is 0 Å². The Hall–Kier alpha value is -1.06. The van der Waals surface area contributed by atoms with E-state index < -0.39 is 0 Å². The number of benzene rings is 1. The zero-order valence-corrected chi connectivity index (χ0v) is 14.6. The molecule has 3 aliphatic carbocycles. The fourth-order valence-corrected chi connectivity index (χ4v) is 5.09. The minimum Gasteiger partial charge on any atom is -0.382 e. The van der Waals surface area contributed by atoms with Crippen LogP contribution in [-0.4, -0.2) is 37.1 Å². The van der Waals surface area contributed by atoms with Crippen LogP contribution in [-0.2, 0) is 6.54 Å². The number of anilines is 1. The molecule has 2 N–H and O–H groups in total. The number of hydrogen-bond acceptors (Lipinski definition) is 3. The van der Waals surface area contributed by atoms with Gasteiger partial charge in [-0.1, -0.05) is 32.0 Å². The van der Waals surface area contributed by atoms with Crippen molar-refractivity contribution in [2.24, 2.45) is 17.3 Å². The highest BCUT2D eigenvalue weighted by molar-refractivity contribution is 5.52. The van der Waals surface area contributed by atoms with Gasteiger partial charge in [-0.05, 0) is 48.1 Å². The van der Waals surface area contributed by atoms with Gasteiger partial charge in [-0.2, -0.15) is 0 Å². The highest BCUT2D eigenvalue weighted by Gasteiger charge is 2.54. The van der Waals surface area contributed by atoms with Crippen molar-refractivity contribution >= 4 is 5.69 Å². The molecule has 0 aromatic heterocycles. The quantitative estimate of drug-likeness (QED) is 0.893. The summed E-state index contributed by atoms with van der Waals surface area (Å²) in [5.74, 6) is 1.83. The summed E-state index contributed by atoms with van der Waals surface area (Å²) in [4.78, 5) is 2.57. The molecule has 4 fully saturated rings. The Morgan fingerprint density at radius 3 is 2.70 bits per heavy atom. The van der Waals surface area contributed by atoms with Gasteiger partial charge in [-0.3, -0.25) is 4.90 Å². The first-order valence-corrected chi connectivity index (χ1v) is 9.42. The molecule has 3 saturated carbocycles. The van der Waals surface area contributed by atoms with E-state index in [9.17, 15) is 0 Å². The standard InChI is InChI=1S/C20H31N3/c1-20(2)16-7-8-19(17(20)13-16)22-18-6-4-3-5-15(18)14-23-11-9-21-10-12-23/h3-6,16-17,19,21-22H,7-14H2,1-2H3/t16-,17-,19?/m0/s1. The Kier molecular flexibility index (Phi) is 4.10. The van der Waals surface area contributed by atoms with E-state index in [1.165, 1.54) is 30.5 Å². The molecular formula is C20H31N3. The molecule has 0 spiro atoms. The Bertz CT molecular complexity index is 546. The lowest BCUT2D eigenvalue weighted by molar-refractivity contribution is -0.0728. The SMILES string of the molecule is CC1(C)[C@H]2CCC(Nc3ccccc3CN3CCNCC3)[C@@H]1C2. The third-order valence-corrected chi connectivity index (χ3v) is 6.82. The number of nitrogens with one attached hydrogen (secondary N) is 2. The molecule has 3 heteroatoms. The van der Waals surface area contributed by atoms with Gasteiger partial charge in [0, 0.05) is 44.5 Å². The minimum atomic E-state index is 0.545. The van der Waals surface area contributed by atoms with Gasteiger partial charge < -0.3 is 10.6 Å². The van der Waals surface area contributed by atoms with Gasteiger partial charge in [-0.25, -0.2) is 0 Å². The maximum atomic E-state index is 3.94. The van der Waals surface area contributed by atoms with Crippen molar-refractivity contribution < 1.29 is 0 Å². The lowest BCUT2D eigenvalue weighted by atomic mass is 9.47. The van der Waals surface area contributed by atoms with Crippen LogP contribution in [0.1, 0.15) is 38.7 Å². The fraction of sp³-hybridized carbons (Fsp3) is 0.700. The van der Waals surface area contributed by atoms with Crippen LogP contribution >= 0.6 is 0 Å². The largest absolute Gasteiger partial charge is 0.382 e. The van der Waals surface area contributed by atoms with E-state index in [1.807, 2.05) is 0 Å². The second kappa shape index (κ2) is 6.10. The first kappa shape index (κ1) is 15.5. The van der Waals surface area contributed by atoms with Gasteiger partial charge in [0.1, 0.15) is 0 Å². The van der Waals surface area contributed by atoms with Crippen LogP contribution in [0, 0.1) is 17.3 Å². The van der Waals surface area contributed by atoms with Crippen LogP contribution in [0.2, 0.25) is 0 Å². The second-order valence-electron chi connectivity index (χ2n) is 8.37. The lowest BCUT2D eigenvalue weighted by Crippen LogP contribution is -2.56. The third kappa shape index (κ3) is 2.89. The average Bonchev–Trinajstić information content (AvgIpc) is 2.57. The molecule has 0 radical (unpaired) electrons. The molecule has 1 aromatic rings. The highest BCUT2D eigenvalue weighted by atomic mass is 15.2. The summed E-state index contributed by atoms with van der Waals surface area (Å²) in [6, 6.07) is 9.63. The maximum Gasteiger partial charge on any atom is 0.0388 e. The van der Waals surface area contributed by atoms with E-state index in [0.717, 1.165) is 44.6 Å². The molecule has 5 rings (SSSR count). The fourth-order valence-electron chi connectivity index (χ4n) is 5.09. The number of hydrogen-bond donors (Lipinski definition) is 2. The molecular weight excluding hydrogens is 282 g/mol. The van der Waals surface area contributed by atoms with E-state index in [4.69, 9.17) is 0 Å². The first-order valence-electron chi connectivity index (χ1n) is 9.42. The molecule has 2 bridgehead atoms. The van der Waals surface area contributed by atoms with Crippen molar-refractivity contribution in [3.8, 4) is 0 Å². The Morgan fingerprint density at radius 1 is 1.17 bits per heavy atom. The van der Waals surface area contributed by atoms with Crippen LogP contribution in [0.3, 0.4) is 0 Å². The zero-order chi connectivity index (χ0) is 15.9. The first-order chi connectivity index (χ1) is 11.1. The van der Waals surface area contributed by atoms with E-state index in [0.29, 0.717) is 11.5 Å². The summed E-state index contributed by atoms with van der Waals surface area (Å²) >= 11 is 0. The van der Waals surface area contributed by atoms with Crippen LogP contribution in [0.5, 0.6) is 0 Å². The number of para-hydroxylation sites is 1. The van der Waals surface area contributed by atoms with Crippen LogP contribution in [0.25, 0.3) is 0 Å². The third-order valence-electron chi connectivity index (χ3n) is 6.82. The molecule has 0 amide bonds. The molecule has 1 saturated heterocycles. The smallest absolute Gasteiger partial charge is 0.0388 e. The van der Waals surface area contributed by atoms with Gasteiger partial charge in [0.2, 0.25) is 0 Å². The molecule has 1 aromatic carbocycles. The topological polar surface area (TPSA) is 27.3 Å². The molecule has 126 valence electrons. The van der Waals surface area contributed by atoms with Gasteiger partial charge in [0.05, 0.1) is 0 Å². The van der Waals surface area contributed by atoms with E-state index in [2.05, 4.69) is 53.6 Å². The van der Waals surface area contributed by atoms with Crippen molar-refractivity contribution in [2.75, 3.05) is 31.5 Å². The predicted molar refractivity (Wildman–Crippen MR) is 96.6 cm³/mol. The highest BCUT2D eigenvalue weighted by Crippen LogP contribution is 2.59. The summed E-state index contributed by atoms with van der Waals surface area (Å²) in [7, 11) is 0. The van der Waals surface area contributed by atoms with Crippen molar-refractivity contribution in [3.05, 3.63) is 29.8 Å². The molecule has 4 aliphatic rings. The zero-order valence-electron chi connectivity index (χ0n) is 14.6. The number of rotatable bonds is 4. The monoisotopic (exact) mass is 313 g/mol. The molecule has 23 heavy (non-hydrogen) atoms. The predicted octanol–water partition coefficient (Wildman–Crippen LogP) is 3.33. The summed E-state index contributed by atoms with van der Waals surface area (Å²) in [6.45, 7) is 10.6.